The topological polar surface area (TPSA) is 74.2 Å². The molecule has 1 aliphatic carbocycles. The van der Waals surface area contributed by atoms with Crippen molar-refractivity contribution in [2.75, 3.05) is 6.61 Å². The quantitative estimate of drug-likeness (QED) is 0.836. The van der Waals surface area contributed by atoms with Crippen molar-refractivity contribution in [3.8, 4) is 0 Å². The summed E-state index contributed by atoms with van der Waals surface area (Å²) in [5.74, 6) is 2.11. The first-order valence-corrected chi connectivity index (χ1v) is 8.32. The Kier molecular flexibility index (Phi) is 5.76. The van der Waals surface area contributed by atoms with Gasteiger partial charge in [0.05, 0.1) is 0 Å². The molecule has 1 heterocycles. The Morgan fingerprint density at radius 2 is 2.10 bits per heavy atom. The highest BCUT2D eigenvalue weighted by Crippen LogP contribution is 2.41. The molecule has 1 atom stereocenters. The summed E-state index contributed by atoms with van der Waals surface area (Å²) in [6.07, 6.45) is 6.96. The molecule has 0 aliphatic heterocycles. The van der Waals surface area contributed by atoms with Gasteiger partial charge in [0.1, 0.15) is 5.60 Å². The third-order valence-corrected chi connectivity index (χ3v) is 4.47. The molecule has 2 rings (SSSR count). The van der Waals surface area contributed by atoms with E-state index in [1.54, 1.807) is 0 Å². The molecule has 0 aromatic carbocycles. The molecular weight excluding hydrogens is 266 g/mol. The summed E-state index contributed by atoms with van der Waals surface area (Å²) in [5, 5.41) is 4.20. The molecule has 0 radical (unpaired) electrons. The Labute approximate surface area is 127 Å². The van der Waals surface area contributed by atoms with E-state index >= 15 is 0 Å². The van der Waals surface area contributed by atoms with Crippen molar-refractivity contribution in [2.24, 2.45) is 11.7 Å². The highest BCUT2D eigenvalue weighted by molar-refractivity contribution is 5.04. The number of rotatable bonds is 7. The van der Waals surface area contributed by atoms with Crippen LogP contribution in [0, 0.1) is 5.92 Å². The van der Waals surface area contributed by atoms with Crippen molar-refractivity contribution in [3.05, 3.63) is 11.7 Å². The van der Waals surface area contributed by atoms with Gasteiger partial charge in [0.15, 0.2) is 0 Å². The van der Waals surface area contributed by atoms with Crippen LogP contribution in [-0.4, -0.2) is 22.8 Å². The van der Waals surface area contributed by atoms with Gasteiger partial charge in [-0.15, -0.1) is 0 Å². The third-order valence-electron chi connectivity index (χ3n) is 4.47. The summed E-state index contributed by atoms with van der Waals surface area (Å²) in [6, 6.07) is 0.0951. The van der Waals surface area contributed by atoms with E-state index in [-0.39, 0.29) is 11.6 Å². The van der Waals surface area contributed by atoms with Gasteiger partial charge in [-0.25, -0.2) is 0 Å². The predicted octanol–water partition coefficient (Wildman–Crippen LogP) is 3.18. The highest BCUT2D eigenvalue weighted by atomic mass is 16.5. The summed E-state index contributed by atoms with van der Waals surface area (Å²) in [7, 11) is 0. The van der Waals surface area contributed by atoms with E-state index < -0.39 is 0 Å². The molecule has 1 aliphatic rings. The fourth-order valence-electron chi connectivity index (χ4n) is 3.16. The minimum Gasteiger partial charge on any atom is -0.367 e. The number of aromatic nitrogens is 2. The van der Waals surface area contributed by atoms with Crippen molar-refractivity contribution in [2.45, 2.75) is 77.4 Å². The second-order valence-corrected chi connectivity index (χ2v) is 6.37. The van der Waals surface area contributed by atoms with E-state index in [1.807, 2.05) is 6.92 Å². The number of nitrogens with zero attached hydrogens (tertiary/aromatic N) is 2. The fraction of sp³-hybridized carbons (Fsp3) is 0.875. The number of hydrogen-bond acceptors (Lipinski definition) is 5. The maximum atomic E-state index is 6.05. The maximum Gasteiger partial charge on any atom is 0.228 e. The smallest absolute Gasteiger partial charge is 0.228 e. The van der Waals surface area contributed by atoms with Crippen LogP contribution in [0.5, 0.6) is 0 Å². The van der Waals surface area contributed by atoms with Gasteiger partial charge in [-0.05, 0) is 44.9 Å². The van der Waals surface area contributed by atoms with Crippen molar-refractivity contribution in [1.82, 2.24) is 10.1 Å². The number of nitrogens with two attached hydrogens (primary N) is 1. The fourth-order valence-corrected chi connectivity index (χ4v) is 3.16. The van der Waals surface area contributed by atoms with Gasteiger partial charge in [-0.2, -0.15) is 4.98 Å². The summed E-state index contributed by atoms with van der Waals surface area (Å²) < 4.78 is 11.5. The molecule has 1 aromatic heterocycles. The lowest BCUT2D eigenvalue weighted by Crippen LogP contribution is -2.35. The summed E-state index contributed by atoms with van der Waals surface area (Å²) in [4.78, 5) is 4.59. The van der Waals surface area contributed by atoms with Gasteiger partial charge < -0.3 is 15.0 Å². The van der Waals surface area contributed by atoms with Crippen LogP contribution in [0.4, 0.5) is 0 Å². The standard InChI is InChI=1S/C16H29N3O2/c1-4-6-13(17)11-14-18-15(19-21-14)16(20-5-2)9-7-12(3)8-10-16/h12-13H,4-11,17H2,1-3H3. The van der Waals surface area contributed by atoms with Crippen LogP contribution in [-0.2, 0) is 16.8 Å². The molecule has 5 heteroatoms. The normalized spacial score (nSPS) is 27.7. The van der Waals surface area contributed by atoms with Crippen molar-refractivity contribution < 1.29 is 9.26 Å². The van der Waals surface area contributed by atoms with Crippen molar-refractivity contribution in [3.63, 3.8) is 0 Å². The number of hydrogen-bond donors (Lipinski definition) is 1. The Balaban J connectivity index is 2.09. The summed E-state index contributed by atoms with van der Waals surface area (Å²) in [6.45, 7) is 7.12. The minimum atomic E-state index is -0.349. The first-order valence-electron chi connectivity index (χ1n) is 8.32. The van der Waals surface area contributed by atoms with E-state index in [4.69, 9.17) is 15.0 Å². The zero-order valence-electron chi connectivity index (χ0n) is 13.6. The average molecular weight is 295 g/mol. The molecule has 1 saturated carbocycles. The Hall–Kier alpha value is -0.940. The average Bonchev–Trinajstić information content (AvgIpc) is 2.91. The number of ether oxygens (including phenoxy) is 1. The molecule has 1 fully saturated rings. The van der Waals surface area contributed by atoms with Gasteiger partial charge in [0, 0.05) is 19.1 Å². The van der Waals surface area contributed by atoms with E-state index in [0.717, 1.165) is 50.3 Å². The zero-order chi connectivity index (χ0) is 15.3. The van der Waals surface area contributed by atoms with Crippen LogP contribution in [0.15, 0.2) is 4.52 Å². The molecule has 0 saturated heterocycles. The van der Waals surface area contributed by atoms with E-state index in [0.29, 0.717) is 18.9 Å². The molecule has 1 aromatic rings. The van der Waals surface area contributed by atoms with E-state index in [1.165, 1.54) is 0 Å². The molecule has 1 unspecified atom stereocenters. The molecule has 0 spiro atoms. The molecule has 0 amide bonds. The predicted molar refractivity (Wildman–Crippen MR) is 81.8 cm³/mol. The Morgan fingerprint density at radius 1 is 1.38 bits per heavy atom. The Morgan fingerprint density at radius 3 is 2.71 bits per heavy atom. The maximum absolute atomic E-state index is 6.05. The molecule has 5 nitrogen and oxygen atoms in total. The van der Waals surface area contributed by atoms with Crippen LogP contribution < -0.4 is 5.73 Å². The Bertz CT molecular complexity index is 425. The second-order valence-electron chi connectivity index (χ2n) is 6.37. The minimum absolute atomic E-state index is 0.0951. The van der Waals surface area contributed by atoms with Gasteiger partial charge in [0.2, 0.25) is 11.7 Å². The van der Waals surface area contributed by atoms with Gasteiger partial charge >= 0.3 is 0 Å². The van der Waals surface area contributed by atoms with Gasteiger partial charge in [-0.1, -0.05) is 25.4 Å². The second kappa shape index (κ2) is 7.36. The van der Waals surface area contributed by atoms with Crippen LogP contribution in [0.3, 0.4) is 0 Å². The van der Waals surface area contributed by atoms with Crippen molar-refractivity contribution in [1.29, 1.82) is 0 Å². The highest BCUT2D eigenvalue weighted by Gasteiger charge is 2.40. The summed E-state index contributed by atoms with van der Waals surface area (Å²) in [5.41, 5.74) is 5.71. The van der Waals surface area contributed by atoms with Gasteiger partial charge in [0.25, 0.3) is 0 Å². The lowest BCUT2D eigenvalue weighted by Gasteiger charge is -2.36. The molecule has 21 heavy (non-hydrogen) atoms. The largest absolute Gasteiger partial charge is 0.367 e. The summed E-state index contributed by atoms with van der Waals surface area (Å²) >= 11 is 0. The van der Waals surface area contributed by atoms with Crippen LogP contribution in [0.25, 0.3) is 0 Å². The monoisotopic (exact) mass is 295 g/mol. The van der Waals surface area contributed by atoms with Crippen LogP contribution >= 0.6 is 0 Å². The van der Waals surface area contributed by atoms with E-state index in [9.17, 15) is 0 Å². The van der Waals surface area contributed by atoms with Crippen LogP contribution in [0.2, 0.25) is 0 Å². The van der Waals surface area contributed by atoms with E-state index in [2.05, 4.69) is 24.0 Å². The van der Waals surface area contributed by atoms with Crippen LogP contribution in [0.1, 0.15) is 71.0 Å². The lowest BCUT2D eigenvalue weighted by atomic mass is 9.79. The molecule has 2 N–H and O–H groups in total. The zero-order valence-corrected chi connectivity index (χ0v) is 13.6. The SMILES string of the molecule is CCCC(N)Cc1nc(C2(OCC)CCC(C)CC2)no1. The molecule has 0 bridgehead atoms. The first kappa shape index (κ1) is 16.4. The first-order chi connectivity index (χ1) is 10.1. The molecular formula is C16H29N3O2. The lowest BCUT2D eigenvalue weighted by molar-refractivity contribution is -0.0847. The third kappa shape index (κ3) is 4.04. The molecule has 120 valence electrons. The van der Waals surface area contributed by atoms with Crippen molar-refractivity contribution >= 4 is 0 Å². The van der Waals surface area contributed by atoms with Gasteiger partial charge in [-0.3, -0.25) is 0 Å².